The van der Waals surface area contributed by atoms with E-state index in [9.17, 15) is 4.79 Å². The van der Waals surface area contributed by atoms with Crippen LogP contribution in [0.2, 0.25) is 0 Å². The molecule has 0 aromatic carbocycles. The Hall–Kier alpha value is -0.790. The summed E-state index contributed by atoms with van der Waals surface area (Å²) in [5, 5.41) is 0. The first kappa shape index (κ1) is 9.30. The summed E-state index contributed by atoms with van der Waals surface area (Å²) in [6, 6.07) is 0. The van der Waals surface area contributed by atoms with Gasteiger partial charge in [-0.15, -0.1) is 0 Å². The summed E-state index contributed by atoms with van der Waals surface area (Å²) < 4.78 is 5.17. The lowest BCUT2D eigenvalue weighted by molar-refractivity contribution is -0.140. The Balaban J connectivity index is 2.78. The van der Waals surface area contributed by atoms with Crippen molar-refractivity contribution in [3.8, 4) is 0 Å². The van der Waals surface area contributed by atoms with Gasteiger partial charge < -0.3 is 4.74 Å². The Morgan fingerprint density at radius 2 is 2.17 bits per heavy atom. The molecule has 2 heteroatoms. The fraction of sp³-hybridized carbons (Fsp3) is 0.700. The first-order chi connectivity index (χ1) is 5.42. The van der Waals surface area contributed by atoms with Crippen LogP contribution in [0.5, 0.6) is 0 Å². The molecule has 12 heavy (non-hydrogen) atoms. The van der Waals surface area contributed by atoms with Crippen LogP contribution in [0.15, 0.2) is 11.6 Å². The SMILES string of the molecule is CC(C)=CC1OC(=O)CC1(C)C. The monoisotopic (exact) mass is 168 g/mol. The molecule has 1 fully saturated rings. The maximum Gasteiger partial charge on any atom is 0.307 e. The van der Waals surface area contributed by atoms with Gasteiger partial charge in [-0.3, -0.25) is 4.79 Å². The number of esters is 1. The van der Waals surface area contributed by atoms with Gasteiger partial charge in [-0.05, 0) is 19.9 Å². The number of allylic oxidation sites excluding steroid dienone is 1. The summed E-state index contributed by atoms with van der Waals surface area (Å²) in [6.07, 6.45) is 2.52. The second kappa shape index (κ2) is 2.92. The lowest BCUT2D eigenvalue weighted by Crippen LogP contribution is -2.22. The predicted molar refractivity (Wildman–Crippen MR) is 47.7 cm³/mol. The zero-order valence-electron chi connectivity index (χ0n) is 8.18. The van der Waals surface area contributed by atoms with E-state index in [4.69, 9.17) is 4.74 Å². The normalized spacial score (nSPS) is 26.7. The molecule has 1 aliphatic heterocycles. The van der Waals surface area contributed by atoms with Crippen molar-refractivity contribution < 1.29 is 9.53 Å². The molecule has 0 bridgehead atoms. The second-order valence-electron chi connectivity index (χ2n) is 4.32. The Bertz CT molecular complexity index is 222. The number of ether oxygens (including phenoxy) is 1. The highest BCUT2D eigenvalue weighted by molar-refractivity contribution is 5.73. The molecule has 2 nitrogen and oxygen atoms in total. The molecule has 68 valence electrons. The number of carbonyl (C=O) groups excluding carboxylic acids is 1. The van der Waals surface area contributed by atoms with Crippen molar-refractivity contribution >= 4 is 5.97 Å². The third-order valence-electron chi connectivity index (χ3n) is 2.11. The summed E-state index contributed by atoms with van der Waals surface area (Å²) in [5.74, 6) is -0.0810. The number of hydrogen-bond donors (Lipinski definition) is 0. The Kier molecular flexibility index (Phi) is 2.27. The van der Waals surface area contributed by atoms with E-state index in [1.165, 1.54) is 5.57 Å². The molecule has 0 aliphatic carbocycles. The molecule has 1 atom stereocenters. The van der Waals surface area contributed by atoms with Gasteiger partial charge in [-0.1, -0.05) is 19.4 Å². The summed E-state index contributed by atoms with van der Waals surface area (Å²) in [5.41, 5.74) is 1.16. The average molecular weight is 168 g/mol. The quantitative estimate of drug-likeness (QED) is 0.443. The maximum absolute atomic E-state index is 11.0. The molecule has 0 N–H and O–H groups in total. The fourth-order valence-corrected chi connectivity index (χ4v) is 1.38. The topological polar surface area (TPSA) is 26.3 Å². The van der Waals surface area contributed by atoms with E-state index in [1.54, 1.807) is 0 Å². The van der Waals surface area contributed by atoms with E-state index < -0.39 is 0 Å². The Labute approximate surface area is 73.6 Å². The largest absolute Gasteiger partial charge is 0.458 e. The maximum atomic E-state index is 11.0. The number of rotatable bonds is 1. The molecular formula is C10H16O2. The van der Waals surface area contributed by atoms with Crippen LogP contribution in [0.4, 0.5) is 0 Å². The van der Waals surface area contributed by atoms with Crippen molar-refractivity contribution in [1.29, 1.82) is 0 Å². The van der Waals surface area contributed by atoms with E-state index in [1.807, 2.05) is 19.9 Å². The van der Waals surface area contributed by atoms with Crippen molar-refractivity contribution in [3.63, 3.8) is 0 Å². The van der Waals surface area contributed by atoms with Crippen molar-refractivity contribution in [1.82, 2.24) is 0 Å². The molecule has 1 aliphatic rings. The molecular weight excluding hydrogens is 152 g/mol. The predicted octanol–water partition coefficient (Wildman–Crippen LogP) is 2.29. The van der Waals surface area contributed by atoms with E-state index in [0.717, 1.165) is 0 Å². The standard InChI is InChI=1S/C10H16O2/c1-7(2)5-8-10(3,4)6-9(11)12-8/h5,8H,6H2,1-4H3. The minimum atomic E-state index is -0.0810. The van der Waals surface area contributed by atoms with Crippen LogP contribution in [0.1, 0.15) is 34.1 Å². The summed E-state index contributed by atoms with van der Waals surface area (Å²) >= 11 is 0. The first-order valence-corrected chi connectivity index (χ1v) is 4.26. The molecule has 0 amide bonds. The Morgan fingerprint density at radius 3 is 2.50 bits per heavy atom. The molecule has 0 saturated carbocycles. The van der Waals surface area contributed by atoms with Gasteiger partial charge in [0.15, 0.2) is 0 Å². The second-order valence-corrected chi connectivity index (χ2v) is 4.32. The van der Waals surface area contributed by atoms with Crippen LogP contribution in [-0.2, 0) is 9.53 Å². The molecule has 0 aromatic rings. The minimum absolute atomic E-state index is 0.0324. The highest BCUT2D eigenvalue weighted by Gasteiger charge is 2.40. The van der Waals surface area contributed by atoms with E-state index in [-0.39, 0.29) is 17.5 Å². The fourth-order valence-electron chi connectivity index (χ4n) is 1.38. The van der Waals surface area contributed by atoms with Gasteiger partial charge in [-0.2, -0.15) is 0 Å². The molecule has 1 saturated heterocycles. The number of hydrogen-bond acceptors (Lipinski definition) is 2. The van der Waals surface area contributed by atoms with Gasteiger partial charge in [0.2, 0.25) is 0 Å². The van der Waals surface area contributed by atoms with Crippen LogP contribution < -0.4 is 0 Å². The smallest absolute Gasteiger partial charge is 0.307 e. The number of cyclic esters (lactones) is 1. The zero-order valence-corrected chi connectivity index (χ0v) is 8.18. The highest BCUT2D eigenvalue weighted by atomic mass is 16.6. The van der Waals surface area contributed by atoms with Crippen LogP contribution >= 0.6 is 0 Å². The molecule has 1 rings (SSSR count). The molecule has 0 aromatic heterocycles. The number of carbonyl (C=O) groups is 1. The van der Waals surface area contributed by atoms with Crippen molar-refractivity contribution in [3.05, 3.63) is 11.6 Å². The highest BCUT2D eigenvalue weighted by Crippen LogP contribution is 2.35. The minimum Gasteiger partial charge on any atom is -0.458 e. The average Bonchev–Trinajstić information content (AvgIpc) is 2.04. The van der Waals surface area contributed by atoms with Crippen LogP contribution in [0.25, 0.3) is 0 Å². The van der Waals surface area contributed by atoms with Gasteiger partial charge >= 0.3 is 5.97 Å². The van der Waals surface area contributed by atoms with Crippen LogP contribution in [0.3, 0.4) is 0 Å². The Morgan fingerprint density at radius 1 is 1.58 bits per heavy atom. The zero-order chi connectivity index (χ0) is 9.35. The molecule has 0 spiro atoms. The third-order valence-corrected chi connectivity index (χ3v) is 2.11. The van der Waals surface area contributed by atoms with Gasteiger partial charge in [0.05, 0.1) is 6.42 Å². The van der Waals surface area contributed by atoms with Crippen molar-refractivity contribution in [2.75, 3.05) is 0 Å². The summed E-state index contributed by atoms with van der Waals surface area (Å²) in [4.78, 5) is 11.0. The van der Waals surface area contributed by atoms with Crippen molar-refractivity contribution in [2.45, 2.75) is 40.2 Å². The molecule has 1 heterocycles. The first-order valence-electron chi connectivity index (χ1n) is 4.26. The molecule has 0 radical (unpaired) electrons. The summed E-state index contributed by atoms with van der Waals surface area (Å²) in [7, 11) is 0. The van der Waals surface area contributed by atoms with Gasteiger partial charge in [0.1, 0.15) is 6.10 Å². The van der Waals surface area contributed by atoms with E-state index in [0.29, 0.717) is 6.42 Å². The van der Waals surface area contributed by atoms with Crippen LogP contribution in [0, 0.1) is 5.41 Å². The van der Waals surface area contributed by atoms with E-state index >= 15 is 0 Å². The van der Waals surface area contributed by atoms with Crippen molar-refractivity contribution in [2.24, 2.45) is 5.41 Å². The van der Waals surface area contributed by atoms with E-state index in [2.05, 4.69) is 13.8 Å². The third kappa shape index (κ3) is 1.87. The lowest BCUT2D eigenvalue weighted by atomic mass is 9.85. The summed E-state index contributed by atoms with van der Waals surface area (Å²) in [6.45, 7) is 8.15. The van der Waals surface area contributed by atoms with Gasteiger partial charge in [0, 0.05) is 5.41 Å². The van der Waals surface area contributed by atoms with Crippen LogP contribution in [-0.4, -0.2) is 12.1 Å². The van der Waals surface area contributed by atoms with Gasteiger partial charge in [0.25, 0.3) is 0 Å². The van der Waals surface area contributed by atoms with Gasteiger partial charge in [-0.25, -0.2) is 0 Å². The lowest BCUT2D eigenvalue weighted by Gasteiger charge is -2.20. The molecule has 1 unspecified atom stereocenters.